The van der Waals surface area contributed by atoms with Gasteiger partial charge in [-0.05, 0) is 86.0 Å². The maximum absolute atomic E-state index is 12.9. The minimum Gasteiger partial charge on any atom is -0.459 e. The number of aryl methyl sites for hydroxylation is 1. The Kier molecular flexibility index (Phi) is 7.16. The molecule has 0 bridgehead atoms. The fraction of sp³-hybridized carbons (Fsp3) is 0.462. The van der Waals surface area contributed by atoms with Gasteiger partial charge >= 0.3 is 11.9 Å². The summed E-state index contributed by atoms with van der Waals surface area (Å²) < 4.78 is 15.8. The number of benzene rings is 1. The Labute approximate surface area is 209 Å². The lowest BCUT2D eigenvalue weighted by atomic mass is 10.0. The molecule has 2 aromatic heterocycles. The van der Waals surface area contributed by atoms with Gasteiger partial charge < -0.3 is 9.47 Å². The predicted octanol–water partition coefficient (Wildman–Crippen LogP) is 6.83. The number of nitrogens with zero attached hydrogens (tertiary/aromatic N) is 2. The number of ether oxygens (including phenoxy) is 2. The summed E-state index contributed by atoms with van der Waals surface area (Å²) in [5, 5.41) is 1.05. The second-order valence-electron chi connectivity index (χ2n) is 10.6. The Morgan fingerprint density at radius 2 is 1.56 bits per heavy atom. The van der Waals surface area contributed by atoms with Crippen molar-refractivity contribution in [3.8, 4) is 11.1 Å². The van der Waals surface area contributed by atoms with E-state index in [1.54, 1.807) is 12.3 Å². The zero-order chi connectivity index (χ0) is 25.5. The van der Waals surface area contributed by atoms with E-state index in [0.29, 0.717) is 0 Å². The largest absolute Gasteiger partial charge is 0.459 e. The fourth-order valence-electron chi connectivity index (χ4n) is 3.18. The van der Waals surface area contributed by atoms with E-state index in [-0.39, 0.29) is 11.7 Å². The van der Waals surface area contributed by atoms with Crippen LogP contribution in [0.1, 0.15) is 71.6 Å². The highest BCUT2D eigenvalue weighted by atomic mass is 32.2. The van der Waals surface area contributed by atoms with Gasteiger partial charge in [0.1, 0.15) is 21.6 Å². The minimum atomic E-state index is -0.820. The lowest BCUT2D eigenvalue weighted by Gasteiger charge is -2.28. The van der Waals surface area contributed by atoms with Gasteiger partial charge in [-0.25, -0.2) is 9.78 Å². The molecule has 0 aliphatic rings. The molecule has 3 rings (SSSR count). The van der Waals surface area contributed by atoms with E-state index < -0.39 is 21.9 Å². The first-order valence-corrected chi connectivity index (χ1v) is 12.7. The zero-order valence-electron chi connectivity index (χ0n) is 21.2. The van der Waals surface area contributed by atoms with Crippen molar-refractivity contribution < 1.29 is 19.1 Å². The number of pyridine rings is 1. The molecule has 0 saturated carbocycles. The summed E-state index contributed by atoms with van der Waals surface area (Å²) in [5.41, 5.74) is 1.80. The lowest BCUT2D eigenvalue weighted by molar-refractivity contribution is -0.156. The number of fused-ring (bicyclic) bond motifs is 1. The van der Waals surface area contributed by atoms with Crippen molar-refractivity contribution in [2.45, 2.75) is 83.2 Å². The Morgan fingerprint density at radius 3 is 2.12 bits per heavy atom. The van der Waals surface area contributed by atoms with Crippen LogP contribution in [0.25, 0.3) is 21.2 Å². The van der Waals surface area contributed by atoms with Gasteiger partial charge in [0.2, 0.25) is 0 Å². The van der Waals surface area contributed by atoms with Crippen LogP contribution in [0.15, 0.2) is 35.4 Å². The molecule has 0 fully saturated rings. The van der Waals surface area contributed by atoms with Crippen LogP contribution in [0.3, 0.4) is 0 Å². The Morgan fingerprint density at radius 1 is 0.912 bits per heavy atom. The molecule has 3 aromatic rings. The van der Waals surface area contributed by atoms with E-state index in [4.69, 9.17) is 9.47 Å². The highest BCUT2D eigenvalue weighted by molar-refractivity contribution is 8.01. The predicted molar refractivity (Wildman–Crippen MR) is 139 cm³/mol. The number of rotatable bonds is 5. The number of hydrogen-bond donors (Lipinski definition) is 0. The van der Waals surface area contributed by atoms with Crippen LogP contribution in [-0.2, 0) is 14.3 Å². The Hall–Kier alpha value is -2.45. The van der Waals surface area contributed by atoms with Crippen LogP contribution >= 0.6 is 23.3 Å². The van der Waals surface area contributed by atoms with Gasteiger partial charge in [0, 0.05) is 27.6 Å². The van der Waals surface area contributed by atoms with Gasteiger partial charge in [-0.3, -0.25) is 4.79 Å². The van der Waals surface area contributed by atoms with Gasteiger partial charge in [-0.15, -0.1) is 11.8 Å². The second-order valence-corrected chi connectivity index (χ2v) is 13.1. The summed E-state index contributed by atoms with van der Waals surface area (Å²) in [4.78, 5) is 30.6. The molecule has 0 aliphatic heterocycles. The second kappa shape index (κ2) is 9.30. The molecule has 6 nitrogen and oxygen atoms in total. The van der Waals surface area contributed by atoms with E-state index >= 15 is 0 Å². The van der Waals surface area contributed by atoms with Crippen molar-refractivity contribution in [3.05, 3.63) is 41.9 Å². The van der Waals surface area contributed by atoms with Crippen LogP contribution in [0.4, 0.5) is 0 Å². The molecule has 182 valence electrons. The summed E-state index contributed by atoms with van der Waals surface area (Å²) >= 11 is 2.86. The topological polar surface area (TPSA) is 78.4 Å². The monoisotopic (exact) mass is 500 g/mol. The number of thioether (sulfide) groups is 1. The van der Waals surface area contributed by atoms with Gasteiger partial charge in [0.25, 0.3) is 0 Å². The summed E-state index contributed by atoms with van der Waals surface area (Å²) in [5.74, 6) is -0.749. The van der Waals surface area contributed by atoms with Crippen LogP contribution in [-0.4, -0.2) is 37.2 Å². The maximum Gasteiger partial charge on any atom is 0.357 e. The third-order valence-corrected chi connectivity index (χ3v) is 6.91. The highest BCUT2D eigenvalue weighted by Crippen LogP contribution is 2.44. The van der Waals surface area contributed by atoms with Crippen molar-refractivity contribution in [1.29, 1.82) is 0 Å². The molecule has 2 heterocycles. The molecule has 0 N–H and O–H groups in total. The molecular weight excluding hydrogens is 468 g/mol. The summed E-state index contributed by atoms with van der Waals surface area (Å²) in [7, 11) is 0. The van der Waals surface area contributed by atoms with Crippen molar-refractivity contribution >= 4 is 45.3 Å². The number of carbonyl (C=O) groups is 2. The third-order valence-electron chi connectivity index (χ3n) is 4.70. The Balaban J connectivity index is 2.04. The van der Waals surface area contributed by atoms with E-state index in [9.17, 15) is 9.59 Å². The fourth-order valence-corrected chi connectivity index (χ4v) is 5.33. The molecule has 34 heavy (non-hydrogen) atoms. The van der Waals surface area contributed by atoms with Gasteiger partial charge in [-0.2, -0.15) is 4.37 Å². The van der Waals surface area contributed by atoms with Crippen LogP contribution in [0, 0.1) is 6.92 Å². The van der Waals surface area contributed by atoms with Crippen LogP contribution in [0.2, 0.25) is 0 Å². The third kappa shape index (κ3) is 6.16. The van der Waals surface area contributed by atoms with Crippen molar-refractivity contribution in [2.75, 3.05) is 0 Å². The summed E-state index contributed by atoms with van der Waals surface area (Å²) in [6.45, 7) is 16.8. The van der Waals surface area contributed by atoms with E-state index in [2.05, 4.69) is 9.36 Å². The zero-order valence-corrected chi connectivity index (χ0v) is 22.9. The number of aromatic nitrogens is 2. The molecule has 0 atom stereocenters. The van der Waals surface area contributed by atoms with Gasteiger partial charge in [0.05, 0.1) is 10.4 Å². The number of hydrogen-bond acceptors (Lipinski definition) is 8. The molecule has 0 spiro atoms. The number of carbonyl (C=O) groups excluding carboxylic acids is 2. The normalized spacial score (nSPS) is 12.6. The molecular formula is C26H32N2O4S2. The SMILES string of the molecule is Cc1nsc2c(-c3ccc(C(=O)OC(C)(C)C)nc3)c(SC(C)(C)C(=O)OC(C)(C)C)ccc12. The minimum absolute atomic E-state index is 0.245. The molecule has 0 unspecified atom stereocenters. The summed E-state index contributed by atoms with van der Waals surface area (Å²) in [6.07, 6.45) is 1.67. The van der Waals surface area contributed by atoms with E-state index in [1.807, 2.05) is 80.5 Å². The van der Waals surface area contributed by atoms with Crippen LogP contribution < -0.4 is 0 Å². The number of esters is 2. The summed E-state index contributed by atoms with van der Waals surface area (Å²) in [6, 6.07) is 7.58. The molecule has 8 heteroatoms. The molecule has 0 radical (unpaired) electrons. The average Bonchev–Trinajstić information content (AvgIpc) is 3.06. The lowest BCUT2D eigenvalue weighted by Crippen LogP contribution is -2.36. The molecule has 1 aromatic carbocycles. The molecule has 0 amide bonds. The van der Waals surface area contributed by atoms with E-state index in [0.717, 1.165) is 31.8 Å². The van der Waals surface area contributed by atoms with Crippen molar-refractivity contribution in [3.63, 3.8) is 0 Å². The first kappa shape index (κ1) is 26.2. The van der Waals surface area contributed by atoms with Crippen molar-refractivity contribution in [2.24, 2.45) is 0 Å². The maximum atomic E-state index is 12.9. The average molecular weight is 501 g/mol. The van der Waals surface area contributed by atoms with Gasteiger partial charge in [0.15, 0.2) is 0 Å². The highest BCUT2D eigenvalue weighted by Gasteiger charge is 2.35. The van der Waals surface area contributed by atoms with E-state index in [1.165, 1.54) is 23.3 Å². The smallest absolute Gasteiger partial charge is 0.357 e. The standard InChI is InChI=1S/C26H32N2O4S2/c1-15-17-11-13-19(33-26(8,9)23(30)32-25(5,6)7)20(21(17)34-28-15)16-10-12-18(27-14-16)22(29)31-24(2,3)4/h10-14H,1-9H3. The van der Waals surface area contributed by atoms with Gasteiger partial charge in [-0.1, -0.05) is 12.1 Å². The van der Waals surface area contributed by atoms with Crippen LogP contribution in [0.5, 0.6) is 0 Å². The Bertz CT molecular complexity index is 1220. The first-order chi connectivity index (χ1) is 15.6. The van der Waals surface area contributed by atoms with Crippen molar-refractivity contribution in [1.82, 2.24) is 9.36 Å². The first-order valence-electron chi connectivity index (χ1n) is 11.1. The molecule has 0 aliphatic carbocycles. The quantitative estimate of drug-likeness (QED) is 0.280. The molecule has 0 saturated heterocycles.